The Kier molecular flexibility index (Phi) is 7.14. The smallest absolute Gasteiger partial charge is 0.412 e. The van der Waals surface area contributed by atoms with E-state index in [-0.39, 0.29) is 5.69 Å². The number of hydrogen-bond donors (Lipinski definition) is 2. The van der Waals surface area contributed by atoms with Crippen molar-refractivity contribution in [1.82, 2.24) is 19.5 Å². The number of hydrogen-bond acceptors (Lipinski definition) is 6. The van der Waals surface area contributed by atoms with Gasteiger partial charge in [-0.2, -0.15) is 0 Å². The summed E-state index contributed by atoms with van der Waals surface area (Å²) in [6, 6.07) is 27.2. The van der Waals surface area contributed by atoms with E-state index < -0.39 is 11.7 Å². The summed E-state index contributed by atoms with van der Waals surface area (Å²) in [4.78, 5) is 39.7. The Morgan fingerprint density at radius 1 is 0.923 bits per heavy atom. The number of imidazole rings is 1. The molecule has 198 valence electrons. The molecule has 9 heteroatoms. The van der Waals surface area contributed by atoms with Gasteiger partial charge in [-0.25, -0.2) is 24.1 Å². The lowest BCUT2D eigenvalue weighted by Gasteiger charge is -2.24. The van der Waals surface area contributed by atoms with Crippen molar-refractivity contribution in [3.8, 4) is 5.69 Å². The largest absolute Gasteiger partial charge is 0.444 e. The summed E-state index contributed by atoms with van der Waals surface area (Å²) in [6.45, 7) is 6.56. The van der Waals surface area contributed by atoms with Crippen LogP contribution in [0.3, 0.4) is 0 Å². The maximum atomic E-state index is 13.3. The Bertz CT molecular complexity index is 1600. The zero-order valence-corrected chi connectivity index (χ0v) is 22.1. The molecule has 2 heterocycles. The number of carbonyl (C=O) groups is 1. The molecule has 1 amide bonds. The summed E-state index contributed by atoms with van der Waals surface area (Å²) in [5.74, 6) is 0.617. The number of carbonyl (C=O) groups excluding carboxylic acids is 1. The summed E-state index contributed by atoms with van der Waals surface area (Å²) in [5.41, 5.74) is 3.24. The average molecular weight is 523 g/mol. The number of nitrogens with one attached hydrogen (secondary N) is 2. The molecule has 9 nitrogen and oxygen atoms in total. The lowest BCUT2D eigenvalue weighted by atomic mass is 10.1. The Labute approximate surface area is 226 Å². The van der Waals surface area contributed by atoms with Crippen molar-refractivity contribution >= 4 is 28.8 Å². The molecule has 5 aromatic rings. The first-order valence-electron chi connectivity index (χ1n) is 12.7. The van der Waals surface area contributed by atoms with Crippen molar-refractivity contribution in [3.63, 3.8) is 0 Å². The molecule has 0 atom stereocenters. The Morgan fingerprint density at radius 3 is 2.18 bits per heavy atom. The van der Waals surface area contributed by atoms with Crippen LogP contribution in [0.4, 0.5) is 16.3 Å². The number of aromatic amines is 1. The summed E-state index contributed by atoms with van der Waals surface area (Å²) < 4.78 is 6.83. The van der Waals surface area contributed by atoms with Crippen LogP contribution in [0.25, 0.3) is 16.9 Å². The first-order valence-corrected chi connectivity index (χ1v) is 12.7. The summed E-state index contributed by atoms with van der Waals surface area (Å²) in [7, 11) is 0. The van der Waals surface area contributed by atoms with Gasteiger partial charge in [0.15, 0.2) is 11.5 Å². The highest BCUT2D eigenvalue weighted by atomic mass is 16.6. The van der Waals surface area contributed by atoms with Crippen LogP contribution in [-0.4, -0.2) is 31.2 Å². The van der Waals surface area contributed by atoms with Gasteiger partial charge in [-0.1, -0.05) is 66.7 Å². The molecular formula is C30H30N6O3. The van der Waals surface area contributed by atoms with Gasteiger partial charge in [0.2, 0.25) is 0 Å². The van der Waals surface area contributed by atoms with E-state index in [1.54, 1.807) is 45.0 Å². The highest BCUT2D eigenvalue weighted by molar-refractivity contribution is 5.87. The first-order chi connectivity index (χ1) is 18.8. The SMILES string of the molecule is CC(C)(C)OC(=O)Nc1cccc(-n2c(=O)[nH]c3c(N(Cc4ccccc4)Cc4ccccc4)ncnc32)c1. The second-order valence-electron chi connectivity index (χ2n) is 10.2. The molecule has 0 spiro atoms. The predicted molar refractivity (Wildman–Crippen MR) is 152 cm³/mol. The molecule has 0 fully saturated rings. The quantitative estimate of drug-likeness (QED) is 0.286. The molecule has 0 aliphatic heterocycles. The molecule has 5 rings (SSSR count). The number of rotatable bonds is 7. The minimum absolute atomic E-state index is 0.361. The number of nitrogens with zero attached hydrogens (tertiary/aromatic N) is 4. The Balaban J connectivity index is 1.53. The zero-order valence-electron chi connectivity index (χ0n) is 22.1. The third-order valence-electron chi connectivity index (χ3n) is 5.94. The van der Waals surface area contributed by atoms with Gasteiger partial charge >= 0.3 is 11.8 Å². The molecule has 0 bridgehead atoms. The van der Waals surface area contributed by atoms with Crippen LogP contribution in [-0.2, 0) is 17.8 Å². The van der Waals surface area contributed by atoms with Gasteiger partial charge in [0.25, 0.3) is 0 Å². The Hall–Kier alpha value is -4.92. The van der Waals surface area contributed by atoms with Gasteiger partial charge in [-0.3, -0.25) is 5.32 Å². The average Bonchev–Trinajstić information content (AvgIpc) is 3.24. The fourth-order valence-electron chi connectivity index (χ4n) is 4.34. The van der Waals surface area contributed by atoms with E-state index in [0.717, 1.165) is 11.1 Å². The van der Waals surface area contributed by atoms with E-state index in [1.807, 2.05) is 36.4 Å². The van der Waals surface area contributed by atoms with E-state index in [1.165, 1.54) is 10.9 Å². The number of benzene rings is 3. The molecule has 0 aliphatic carbocycles. The van der Waals surface area contributed by atoms with Crippen molar-refractivity contribution in [2.75, 3.05) is 10.2 Å². The lowest BCUT2D eigenvalue weighted by molar-refractivity contribution is 0.0636. The van der Waals surface area contributed by atoms with E-state index in [0.29, 0.717) is 41.4 Å². The van der Waals surface area contributed by atoms with Crippen LogP contribution in [0.1, 0.15) is 31.9 Å². The molecule has 2 N–H and O–H groups in total. The standard InChI is InChI=1S/C30H30N6O3/c1-30(2,3)39-29(38)33-23-15-10-16-24(17-23)36-27-25(34-28(36)37)26(31-20-32-27)35(18-21-11-6-4-7-12-21)19-22-13-8-5-9-14-22/h4-17,20H,18-19H2,1-3H3,(H,33,38)(H,34,37). The van der Waals surface area contributed by atoms with Crippen LogP contribution in [0.15, 0.2) is 96.1 Å². The second-order valence-corrected chi connectivity index (χ2v) is 10.2. The molecule has 39 heavy (non-hydrogen) atoms. The van der Waals surface area contributed by atoms with Crippen LogP contribution >= 0.6 is 0 Å². The molecular weight excluding hydrogens is 492 g/mol. The van der Waals surface area contributed by atoms with Crippen molar-refractivity contribution in [1.29, 1.82) is 0 Å². The Morgan fingerprint density at radius 2 is 1.56 bits per heavy atom. The molecule has 3 aromatic carbocycles. The monoisotopic (exact) mass is 522 g/mol. The predicted octanol–water partition coefficient (Wildman–Crippen LogP) is 5.66. The van der Waals surface area contributed by atoms with Crippen molar-refractivity contribution < 1.29 is 9.53 Å². The third-order valence-corrected chi connectivity index (χ3v) is 5.94. The molecule has 0 saturated carbocycles. The van der Waals surface area contributed by atoms with Gasteiger partial charge in [0, 0.05) is 18.8 Å². The fourth-order valence-corrected chi connectivity index (χ4v) is 4.34. The van der Waals surface area contributed by atoms with Crippen LogP contribution in [0.5, 0.6) is 0 Å². The molecule has 0 saturated heterocycles. The third kappa shape index (κ3) is 6.15. The molecule has 0 aliphatic rings. The van der Waals surface area contributed by atoms with Gasteiger partial charge in [-0.05, 0) is 50.1 Å². The first kappa shape index (κ1) is 25.7. The van der Waals surface area contributed by atoms with E-state index in [4.69, 9.17) is 4.74 Å². The number of amides is 1. The lowest BCUT2D eigenvalue weighted by Crippen LogP contribution is -2.27. The van der Waals surface area contributed by atoms with Crippen LogP contribution in [0, 0.1) is 0 Å². The second kappa shape index (κ2) is 10.8. The van der Waals surface area contributed by atoms with E-state index in [9.17, 15) is 9.59 Å². The van der Waals surface area contributed by atoms with Crippen LogP contribution in [0.2, 0.25) is 0 Å². The zero-order chi connectivity index (χ0) is 27.4. The summed E-state index contributed by atoms with van der Waals surface area (Å²) >= 11 is 0. The maximum Gasteiger partial charge on any atom is 0.412 e. The number of H-pyrrole nitrogens is 1. The van der Waals surface area contributed by atoms with Gasteiger partial charge in [-0.15, -0.1) is 0 Å². The van der Waals surface area contributed by atoms with Gasteiger partial charge in [0.1, 0.15) is 17.4 Å². The van der Waals surface area contributed by atoms with Crippen LogP contribution < -0.4 is 15.9 Å². The fraction of sp³-hybridized carbons (Fsp3) is 0.200. The van der Waals surface area contributed by atoms with Crippen molar-refractivity contribution in [2.24, 2.45) is 0 Å². The summed E-state index contributed by atoms with van der Waals surface area (Å²) in [6.07, 6.45) is 0.890. The number of anilines is 2. The highest BCUT2D eigenvalue weighted by Crippen LogP contribution is 2.26. The number of ether oxygens (including phenoxy) is 1. The minimum atomic E-state index is -0.631. The minimum Gasteiger partial charge on any atom is -0.444 e. The highest BCUT2D eigenvalue weighted by Gasteiger charge is 2.20. The topological polar surface area (TPSA) is 105 Å². The normalized spacial score (nSPS) is 11.4. The number of fused-ring (bicyclic) bond motifs is 1. The summed E-state index contributed by atoms with van der Waals surface area (Å²) in [5, 5.41) is 2.72. The van der Waals surface area contributed by atoms with Crippen molar-refractivity contribution in [3.05, 3.63) is 113 Å². The van der Waals surface area contributed by atoms with Crippen molar-refractivity contribution in [2.45, 2.75) is 39.5 Å². The molecule has 0 radical (unpaired) electrons. The molecule has 0 unspecified atom stereocenters. The van der Waals surface area contributed by atoms with Gasteiger partial charge in [0.05, 0.1) is 5.69 Å². The van der Waals surface area contributed by atoms with E-state index >= 15 is 0 Å². The maximum absolute atomic E-state index is 13.3. The number of aromatic nitrogens is 4. The van der Waals surface area contributed by atoms with Gasteiger partial charge < -0.3 is 14.6 Å². The molecule has 2 aromatic heterocycles. The van der Waals surface area contributed by atoms with E-state index in [2.05, 4.69) is 49.4 Å².